The fourth-order valence-electron chi connectivity index (χ4n) is 1.56. The number of hydrogen-bond acceptors (Lipinski definition) is 3. The number of hydrogen-bond donors (Lipinski definition) is 1. The van der Waals surface area contributed by atoms with Gasteiger partial charge in [0.1, 0.15) is 5.75 Å². The molecule has 17 heavy (non-hydrogen) atoms. The highest BCUT2D eigenvalue weighted by molar-refractivity contribution is 5.30. The van der Waals surface area contributed by atoms with Gasteiger partial charge in [-0.3, -0.25) is 0 Å². The molecule has 1 aromatic carbocycles. The summed E-state index contributed by atoms with van der Waals surface area (Å²) in [7, 11) is 1.66. The SMILES string of the molecule is CCC(C)(C)OC(CN)c1cccc(OC)c1. The molecule has 0 heterocycles. The third kappa shape index (κ3) is 4.02. The lowest BCUT2D eigenvalue weighted by Gasteiger charge is -2.29. The summed E-state index contributed by atoms with van der Waals surface area (Å²) in [5.41, 5.74) is 6.70. The van der Waals surface area contributed by atoms with Gasteiger partial charge in [-0.25, -0.2) is 0 Å². The third-order valence-corrected chi connectivity index (χ3v) is 2.99. The van der Waals surface area contributed by atoms with E-state index in [-0.39, 0.29) is 11.7 Å². The second kappa shape index (κ2) is 6.03. The van der Waals surface area contributed by atoms with Crippen LogP contribution in [0.4, 0.5) is 0 Å². The summed E-state index contributed by atoms with van der Waals surface area (Å²) in [5, 5.41) is 0. The maximum absolute atomic E-state index is 6.04. The molecule has 1 aromatic rings. The van der Waals surface area contributed by atoms with E-state index < -0.39 is 0 Å². The van der Waals surface area contributed by atoms with Crippen LogP contribution >= 0.6 is 0 Å². The quantitative estimate of drug-likeness (QED) is 0.827. The average Bonchev–Trinajstić information content (AvgIpc) is 2.36. The number of methoxy groups -OCH3 is 1. The van der Waals surface area contributed by atoms with Gasteiger partial charge in [0.25, 0.3) is 0 Å². The van der Waals surface area contributed by atoms with Crippen LogP contribution in [0.5, 0.6) is 5.75 Å². The van der Waals surface area contributed by atoms with Crippen LogP contribution in [0.1, 0.15) is 38.9 Å². The van der Waals surface area contributed by atoms with E-state index in [2.05, 4.69) is 20.8 Å². The first kappa shape index (κ1) is 14.0. The Bertz CT molecular complexity index is 350. The van der Waals surface area contributed by atoms with Crippen molar-refractivity contribution >= 4 is 0 Å². The molecule has 0 aliphatic carbocycles. The summed E-state index contributed by atoms with van der Waals surface area (Å²) in [6, 6.07) is 7.87. The molecule has 0 aliphatic rings. The van der Waals surface area contributed by atoms with Crippen molar-refractivity contribution in [3.8, 4) is 5.75 Å². The van der Waals surface area contributed by atoms with Crippen LogP contribution in [-0.4, -0.2) is 19.3 Å². The van der Waals surface area contributed by atoms with Crippen LogP contribution in [0.3, 0.4) is 0 Å². The second-order valence-corrected chi connectivity index (χ2v) is 4.73. The lowest BCUT2D eigenvalue weighted by Crippen LogP contribution is -2.29. The lowest BCUT2D eigenvalue weighted by molar-refractivity contribution is -0.0713. The molecule has 0 aliphatic heterocycles. The van der Waals surface area contributed by atoms with Crippen molar-refractivity contribution in [2.24, 2.45) is 5.73 Å². The highest BCUT2D eigenvalue weighted by atomic mass is 16.5. The van der Waals surface area contributed by atoms with Gasteiger partial charge in [0.15, 0.2) is 0 Å². The predicted molar refractivity (Wildman–Crippen MR) is 70.2 cm³/mol. The fraction of sp³-hybridized carbons (Fsp3) is 0.571. The van der Waals surface area contributed by atoms with Crippen molar-refractivity contribution in [1.82, 2.24) is 0 Å². The van der Waals surface area contributed by atoms with E-state index in [0.717, 1.165) is 17.7 Å². The Balaban J connectivity index is 2.86. The molecule has 96 valence electrons. The summed E-state index contributed by atoms with van der Waals surface area (Å²) >= 11 is 0. The Hall–Kier alpha value is -1.06. The number of ether oxygens (including phenoxy) is 2. The van der Waals surface area contributed by atoms with Gasteiger partial charge < -0.3 is 15.2 Å². The van der Waals surface area contributed by atoms with E-state index in [1.807, 2.05) is 24.3 Å². The standard InChI is InChI=1S/C14H23NO2/c1-5-14(2,3)17-13(10-15)11-7-6-8-12(9-11)16-4/h6-9,13H,5,10,15H2,1-4H3. The molecule has 0 aromatic heterocycles. The molecule has 1 atom stereocenters. The van der Waals surface area contributed by atoms with Gasteiger partial charge >= 0.3 is 0 Å². The van der Waals surface area contributed by atoms with Gasteiger partial charge in [0, 0.05) is 6.54 Å². The van der Waals surface area contributed by atoms with E-state index >= 15 is 0 Å². The molecule has 0 saturated heterocycles. The fourth-order valence-corrected chi connectivity index (χ4v) is 1.56. The van der Waals surface area contributed by atoms with Crippen molar-refractivity contribution in [2.75, 3.05) is 13.7 Å². The van der Waals surface area contributed by atoms with Crippen LogP contribution in [0.2, 0.25) is 0 Å². The van der Waals surface area contributed by atoms with Crippen LogP contribution in [0.15, 0.2) is 24.3 Å². The minimum absolute atomic E-state index is 0.0833. The first-order valence-electron chi connectivity index (χ1n) is 6.04. The van der Waals surface area contributed by atoms with E-state index in [1.54, 1.807) is 7.11 Å². The highest BCUT2D eigenvalue weighted by Gasteiger charge is 2.22. The van der Waals surface area contributed by atoms with Crippen molar-refractivity contribution < 1.29 is 9.47 Å². The van der Waals surface area contributed by atoms with Gasteiger partial charge in [0.2, 0.25) is 0 Å². The predicted octanol–water partition coefficient (Wildman–Crippen LogP) is 2.90. The molecule has 0 saturated carbocycles. The summed E-state index contributed by atoms with van der Waals surface area (Å²) in [4.78, 5) is 0. The van der Waals surface area contributed by atoms with E-state index in [1.165, 1.54) is 0 Å². The Labute approximate surface area is 104 Å². The van der Waals surface area contributed by atoms with Crippen molar-refractivity contribution in [2.45, 2.75) is 38.9 Å². The molecule has 0 amide bonds. The Kier molecular flexibility index (Phi) is 4.97. The molecular weight excluding hydrogens is 214 g/mol. The smallest absolute Gasteiger partial charge is 0.119 e. The number of rotatable bonds is 6. The molecule has 0 radical (unpaired) electrons. The van der Waals surface area contributed by atoms with Gasteiger partial charge in [-0.15, -0.1) is 0 Å². The number of nitrogens with two attached hydrogens (primary N) is 1. The van der Waals surface area contributed by atoms with Crippen molar-refractivity contribution in [3.63, 3.8) is 0 Å². The average molecular weight is 237 g/mol. The second-order valence-electron chi connectivity index (χ2n) is 4.73. The minimum Gasteiger partial charge on any atom is -0.497 e. The zero-order valence-electron chi connectivity index (χ0n) is 11.2. The molecule has 0 fully saturated rings. The topological polar surface area (TPSA) is 44.5 Å². The number of benzene rings is 1. The monoisotopic (exact) mass is 237 g/mol. The summed E-state index contributed by atoms with van der Waals surface area (Å²) in [5.74, 6) is 0.832. The molecule has 0 spiro atoms. The first-order chi connectivity index (χ1) is 8.02. The summed E-state index contributed by atoms with van der Waals surface area (Å²) in [6.45, 7) is 6.74. The molecule has 0 bridgehead atoms. The van der Waals surface area contributed by atoms with Gasteiger partial charge in [0.05, 0.1) is 18.8 Å². The van der Waals surface area contributed by atoms with Crippen LogP contribution in [0.25, 0.3) is 0 Å². The lowest BCUT2D eigenvalue weighted by atomic mass is 10.0. The van der Waals surface area contributed by atoms with Crippen LogP contribution in [-0.2, 0) is 4.74 Å². The maximum Gasteiger partial charge on any atom is 0.119 e. The summed E-state index contributed by atoms with van der Waals surface area (Å²) in [6.07, 6.45) is 0.869. The Morgan fingerprint density at radius 3 is 2.59 bits per heavy atom. The van der Waals surface area contributed by atoms with Gasteiger partial charge in [-0.1, -0.05) is 19.1 Å². The van der Waals surface area contributed by atoms with Crippen molar-refractivity contribution in [1.29, 1.82) is 0 Å². The van der Waals surface area contributed by atoms with Crippen molar-refractivity contribution in [3.05, 3.63) is 29.8 Å². The van der Waals surface area contributed by atoms with E-state index in [4.69, 9.17) is 15.2 Å². The molecule has 1 unspecified atom stereocenters. The van der Waals surface area contributed by atoms with E-state index in [9.17, 15) is 0 Å². The largest absolute Gasteiger partial charge is 0.497 e. The third-order valence-electron chi connectivity index (χ3n) is 2.99. The minimum atomic E-state index is -0.160. The van der Waals surface area contributed by atoms with E-state index in [0.29, 0.717) is 6.54 Å². The highest BCUT2D eigenvalue weighted by Crippen LogP contribution is 2.27. The van der Waals surface area contributed by atoms with Gasteiger partial charge in [-0.2, -0.15) is 0 Å². The molecule has 3 nitrogen and oxygen atoms in total. The zero-order valence-corrected chi connectivity index (χ0v) is 11.2. The molecule has 3 heteroatoms. The van der Waals surface area contributed by atoms with Crippen LogP contribution < -0.4 is 10.5 Å². The van der Waals surface area contributed by atoms with Crippen LogP contribution in [0, 0.1) is 0 Å². The Morgan fingerprint density at radius 1 is 1.35 bits per heavy atom. The zero-order chi connectivity index (χ0) is 12.9. The Morgan fingerprint density at radius 2 is 2.06 bits per heavy atom. The molecule has 1 rings (SSSR count). The molecule has 2 N–H and O–H groups in total. The molecular formula is C14H23NO2. The van der Waals surface area contributed by atoms with Gasteiger partial charge in [-0.05, 0) is 38.0 Å². The summed E-state index contributed by atoms with van der Waals surface area (Å²) < 4.78 is 11.3. The normalized spacial score (nSPS) is 13.5. The first-order valence-corrected chi connectivity index (χ1v) is 6.04. The maximum atomic E-state index is 6.04.